The van der Waals surface area contributed by atoms with Gasteiger partial charge in [0.1, 0.15) is 5.02 Å². The van der Waals surface area contributed by atoms with Gasteiger partial charge in [0.25, 0.3) is 0 Å². The molecule has 17 heavy (non-hydrogen) atoms. The van der Waals surface area contributed by atoms with Gasteiger partial charge in [-0.05, 0) is 25.7 Å². The number of rotatable bonds is 2. The summed E-state index contributed by atoms with van der Waals surface area (Å²) in [5, 5.41) is 3.58. The maximum absolute atomic E-state index is 6.19. The van der Waals surface area contributed by atoms with Gasteiger partial charge < -0.3 is 10.2 Å². The van der Waals surface area contributed by atoms with Crippen LogP contribution >= 0.6 is 11.6 Å². The number of aromatic nitrogens is 2. The van der Waals surface area contributed by atoms with E-state index in [0.29, 0.717) is 17.0 Å². The van der Waals surface area contributed by atoms with Crippen molar-refractivity contribution in [2.45, 2.75) is 32.7 Å². The molecule has 2 rings (SSSR count). The van der Waals surface area contributed by atoms with Crippen LogP contribution in [0.3, 0.4) is 0 Å². The van der Waals surface area contributed by atoms with Crippen LogP contribution in [0.2, 0.25) is 5.02 Å². The maximum atomic E-state index is 6.19. The van der Waals surface area contributed by atoms with Crippen LogP contribution in [-0.4, -0.2) is 29.6 Å². The van der Waals surface area contributed by atoms with E-state index in [9.17, 15) is 0 Å². The van der Waals surface area contributed by atoms with Gasteiger partial charge in [-0.1, -0.05) is 18.5 Å². The molecule has 0 aliphatic carbocycles. The third-order valence-corrected chi connectivity index (χ3v) is 3.63. The monoisotopic (exact) mass is 254 g/mol. The molecule has 2 heterocycles. The molecule has 2 unspecified atom stereocenters. The van der Waals surface area contributed by atoms with Crippen LogP contribution in [0.1, 0.15) is 26.7 Å². The van der Waals surface area contributed by atoms with Crippen LogP contribution in [0.4, 0.5) is 11.8 Å². The number of hydrogen-bond donors (Lipinski definition) is 1. The Bertz CT molecular complexity index is 396. The zero-order valence-corrected chi connectivity index (χ0v) is 11.3. The van der Waals surface area contributed by atoms with Gasteiger partial charge in [0.2, 0.25) is 5.95 Å². The highest BCUT2D eigenvalue weighted by Gasteiger charge is 2.25. The Morgan fingerprint density at radius 2 is 2.24 bits per heavy atom. The lowest BCUT2D eigenvalue weighted by atomic mass is 9.93. The molecule has 94 valence electrons. The Kier molecular flexibility index (Phi) is 3.72. The highest BCUT2D eigenvalue weighted by atomic mass is 35.5. The SMILES string of the molecule is CNc1ncc(Cl)c(N2CCC(C)CC2C)n1. The van der Waals surface area contributed by atoms with E-state index in [1.807, 2.05) is 7.05 Å². The molecule has 1 N–H and O–H groups in total. The molecule has 2 atom stereocenters. The van der Waals surface area contributed by atoms with Gasteiger partial charge in [0.05, 0.1) is 6.20 Å². The molecule has 1 aliphatic heterocycles. The molecule has 0 bridgehead atoms. The third-order valence-electron chi connectivity index (χ3n) is 3.36. The molecule has 1 aliphatic rings. The summed E-state index contributed by atoms with van der Waals surface area (Å²) >= 11 is 6.19. The maximum Gasteiger partial charge on any atom is 0.224 e. The fourth-order valence-corrected chi connectivity index (χ4v) is 2.60. The van der Waals surface area contributed by atoms with E-state index in [4.69, 9.17) is 11.6 Å². The molecule has 5 heteroatoms. The average molecular weight is 255 g/mol. The zero-order chi connectivity index (χ0) is 12.4. The first kappa shape index (κ1) is 12.4. The van der Waals surface area contributed by atoms with Crippen molar-refractivity contribution in [2.75, 3.05) is 23.8 Å². The summed E-state index contributed by atoms with van der Waals surface area (Å²) in [6, 6.07) is 0.482. The minimum atomic E-state index is 0.482. The Balaban J connectivity index is 2.26. The largest absolute Gasteiger partial charge is 0.357 e. The highest BCUT2D eigenvalue weighted by molar-refractivity contribution is 6.32. The third kappa shape index (κ3) is 2.63. The number of nitrogens with one attached hydrogen (secondary N) is 1. The van der Waals surface area contributed by atoms with Crippen molar-refractivity contribution in [3.05, 3.63) is 11.2 Å². The molecule has 0 aromatic carbocycles. The summed E-state index contributed by atoms with van der Waals surface area (Å²) in [6.07, 6.45) is 4.05. The van der Waals surface area contributed by atoms with Crippen molar-refractivity contribution in [3.8, 4) is 0 Å². The molecule has 1 aromatic rings. The van der Waals surface area contributed by atoms with Crippen molar-refractivity contribution in [1.29, 1.82) is 0 Å². The van der Waals surface area contributed by atoms with Gasteiger partial charge in [-0.3, -0.25) is 0 Å². The lowest BCUT2D eigenvalue weighted by Crippen LogP contribution is -2.41. The number of anilines is 2. The molecular formula is C12H19ClN4. The van der Waals surface area contributed by atoms with Crippen molar-refractivity contribution >= 4 is 23.4 Å². The minimum absolute atomic E-state index is 0.482. The lowest BCUT2D eigenvalue weighted by molar-refractivity contribution is 0.376. The van der Waals surface area contributed by atoms with Gasteiger partial charge >= 0.3 is 0 Å². The molecule has 0 spiro atoms. The van der Waals surface area contributed by atoms with Crippen LogP contribution in [0.25, 0.3) is 0 Å². The topological polar surface area (TPSA) is 41.1 Å². The molecular weight excluding hydrogens is 236 g/mol. The summed E-state index contributed by atoms with van der Waals surface area (Å²) in [6.45, 7) is 5.55. The van der Waals surface area contributed by atoms with Crippen molar-refractivity contribution in [1.82, 2.24) is 9.97 Å². The van der Waals surface area contributed by atoms with E-state index >= 15 is 0 Å². The second-order valence-corrected chi connectivity index (χ2v) is 5.19. The van der Waals surface area contributed by atoms with E-state index in [1.54, 1.807) is 6.20 Å². The number of hydrogen-bond acceptors (Lipinski definition) is 4. The van der Waals surface area contributed by atoms with Gasteiger partial charge in [-0.15, -0.1) is 0 Å². The van der Waals surface area contributed by atoms with Crippen molar-refractivity contribution in [3.63, 3.8) is 0 Å². The first-order chi connectivity index (χ1) is 8.11. The van der Waals surface area contributed by atoms with E-state index in [1.165, 1.54) is 12.8 Å². The van der Waals surface area contributed by atoms with Crippen molar-refractivity contribution in [2.24, 2.45) is 5.92 Å². The standard InChI is InChI=1S/C12H19ClN4/c1-8-4-5-17(9(2)6-8)11-10(13)7-15-12(14-3)16-11/h7-9H,4-6H2,1-3H3,(H,14,15,16). The summed E-state index contributed by atoms with van der Waals surface area (Å²) < 4.78 is 0. The molecule has 0 amide bonds. The van der Waals surface area contributed by atoms with Crippen LogP contribution in [0, 0.1) is 5.92 Å². The molecule has 4 nitrogen and oxygen atoms in total. The lowest BCUT2D eigenvalue weighted by Gasteiger charge is -2.37. The van der Waals surface area contributed by atoms with Crippen LogP contribution < -0.4 is 10.2 Å². The highest BCUT2D eigenvalue weighted by Crippen LogP contribution is 2.31. The Labute approximate surface area is 107 Å². The molecule has 1 aromatic heterocycles. The number of halogens is 1. The summed E-state index contributed by atoms with van der Waals surface area (Å²) in [5.41, 5.74) is 0. The van der Waals surface area contributed by atoms with Gasteiger partial charge in [0.15, 0.2) is 5.82 Å². The fraction of sp³-hybridized carbons (Fsp3) is 0.667. The van der Waals surface area contributed by atoms with Crippen LogP contribution in [-0.2, 0) is 0 Å². The van der Waals surface area contributed by atoms with Gasteiger partial charge in [-0.25, -0.2) is 4.98 Å². The molecule has 0 radical (unpaired) electrons. The zero-order valence-electron chi connectivity index (χ0n) is 10.6. The molecule has 1 fully saturated rings. The first-order valence-electron chi connectivity index (χ1n) is 6.08. The second-order valence-electron chi connectivity index (χ2n) is 4.79. The number of nitrogens with zero attached hydrogens (tertiary/aromatic N) is 3. The van der Waals surface area contributed by atoms with E-state index < -0.39 is 0 Å². The summed E-state index contributed by atoms with van der Waals surface area (Å²) in [5.74, 6) is 2.26. The summed E-state index contributed by atoms with van der Waals surface area (Å²) in [7, 11) is 1.81. The second kappa shape index (κ2) is 5.08. The van der Waals surface area contributed by atoms with Gasteiger partial charge in [-0.2, -0.15) is 4.98 Å². The van der Waals surface area contributed by atoms with Gasteiger partial charge in [0, 0.05) is 19.6 Å². The average Bonchev–Trinajstić information content (AvgIpc) is 2.30. The quantitative estimate of drug-likeness (QED) is 0.881. The molecule has 1 saturated heterocycles. The van der Waals surface area contributed by atoms with Crippen molar-refractivity contribution < 1.29 is 0 Å². The van der Waals surface area contributed by atoms with E-state index in [2.05, 4.69) is 34.0 Å². The van der Waals surface area contributed by atoms with E-state index in [-0.39, 0.29) is 0 Å². The predicted octanol–water partition coefficient (Wildman–Crippen LogP) is 2.80. The summed E-state index contributed by atoms with van der Waals surface area (Å²) in [4.78, 5) is 10.9. The van der Waals surface area contributed by atoms with Crippen LogP contribution in [0.5, 0.6) is 0 Å². The minimum Gasteiger partial charge on any atom is -0.357 e. The Morgan fingerprint density at radius 1 is 1.47 bits per heavy atom. The number of piperidine rings is 1. The normalized spacial score (nSPS) is 24.8. The Hall–Kier alpha value is -1.03. The van der Waals surface area contributed by atoms with Crippen LogP contribution in [0.15, 0.2) is 6.20 Å². The predicted molar refractivity (Wildman–Crippen MR) is 71.8 cm³/mol. The Morgan fingerprint density at radius 3 is 2.88 bits per heavy atom. The smallest absolute Gasteiger partial charge is 0.224 e. The molecule has 0 saturated carbocycles. The fourth-order valence-electron chi connectivity index (χ4n) is 2.40. The van der Waals surface area contributed by atoms with E-state index in [0.717, 1.165) is 18.3 Å². The first-order valence-corrected chi connectivity index (χ1v) is 6.46.